The maximum atomic E-state index is 11.9. The number of hydrogen-bond acceptors (Lipinski definition) is 4. The molecule has 0 unspecified atom stereocenters. The van der Waals surface area contributed by atoms with Crippen molar-refractivity contribution >= 4 is 51.4 Å². The number of aromatic nitrogens is 1. The van der Waals surface area contributed by atoms with E-state index in [0.29, 0.717) is 12.1 Å². The highest BCUT2D eigenvalue weighted by atomic mass is 16.2. The van der Waals surface area contributed by atoms with Gasteiger partial charge in [0.1, 0.15) is 5.57 Å². The molecule has 7 nitrogen and oxygen atoms in total. The smallest absolute Gasteiger partial charge is 0.328 e. The van der Waals surface area contributed by atoms with Gasteiger partial charge in [-0.2, -0.15) is 0 Å². The van der Waals surface area contributed by atoms with E-state index in [1.807, 2.05) is 43.4 Å². The number of rotatable bonds is 4. The highest BCUT2D eigenvalue weighted by Crippen LogP contribution is 2.29. The first-order valence-corrected chi connectivity index (χ1v) is 10.2. The zero-order valence-electron chi connectivity index (χ0n) is 17.3. The lowest BCUT2D eigenvalue weighted by Gasteiger charge is -2.20. The van der Waals surface area contributed by atoms with Gasteiger partial charge in [0.05, 0.1) is 5.52 Å². The largest absolute Gasteiger partial charge is 0.370 e. The molecule has 0 atom stereocenters. The molecule has 0 radical (unpaired) electrons. The van der Waals surface area contributed by atoms with Crippen LogP contribution < -0.4 is 15.5 Å². The van der Waals surface area contributed by atoms with Crippen LogP contribution >= 0.6 is 0 Å². The normalized spacial score (nSPS) is 13.9. The van der Waals surface area contributed by atoms with Gasteiger partial charge in [0, 0.05) is 35.6 Å². The summed E-state index contributed by atoms with van der Waals surface area (Å²) in [6, 6.07) is 21.3. The summed E-state index contributed by atoms with van der Waals surface area (Å²) in [7, 11) is 2.02. The van der Waals surface area contributed by atoms with Gasteiger partial charge in [0.2, 0.25) is 0 Å². The lowest BCUT2D eigenvalue weighted by atomic mass is 10.1. The van der Waals surface area contributed by atoms with Crippen molar-refractivity contribution in [2.24, 2.45) is 0 Å². The number of urea groups is 1. The predicted octanol–water partition coefficient (Wildman–Crippen LogP) is 3.71. The van der Waals surface area contributed by atoms with Crippen molar-refractivity contribution in [3.8, 4) is 0 Å². The van der Waals surface area contributed by atoms with Gasteiger partial charge in [-0.05, 0) is 35.4 Å². The molecule has 0 aliphatic carbocycles. The van der Waals surface area contributed by atoms with E-state index < -0.39 is 17.8 Å². The fraction of sp³-hybridized carbons (Fsp3) is 0.0800. The van der Waals surface area contributed by atoms with Crippen molar-refractivity contribution in [1.82, 2.24) is 15.6 Å². The third-order valence-electron chi connectivity index (χ3n) is 5.62. The van der Waals surface area contributed by atoms with Crippen LogP contribution in [0.4, 0.5) is 10.5 Å². The highest BCUT2D eigenvalue weighted by Gasteiger charge is 2.27. The van der Waals surface area contributed by atoms with Gasteiger partial charge in [-0.3, -0.25) is 20.2 Å². The summed E-state index contributed by atoms with van der Waals surface area (Å²) in [5.41, 5.74) is 5.02. The molecule has 0 bridgehead atoms. The van der Waals surface area contributed by atoms with Crippen molar-refractivity contribution in [3.63, 3.8) is 0 Å². The lowest BCUT2D eigenvalue weighted by molar-refractivity contribution is -0.123. The molecule has 4 aromatic rings. The van der Waals surface area contributed by atoms with E-state index in [2.05, 4.69) is 50.8 Å². The molecule has 1 saturated heterocycles. The Balaban J connectivity index is 1.38. The van der Waals surface area contributed by atoms with Crippen LogP contribution in [0.5, 0.6) is 0 Å². The summed E-state index contributed by atoms with van der Waals surface area (Å²) in [5, 5.41) is 6.56. The van der Waals surface area contributed by atoms with Crippen LogP contribution in [0.25, 0.3) is 27.9 Å². The van der Waals surface area contributed by atoms with E-state index in [0.717, 1.165) is 16.7 Å². The minimum Gasteiger partial charge on any atom is -0.370 e. The summed E-state index contributed by atoms with van der Waals surface area (Å²) in [4.78, 5) is 40.7. The zero-order chi connectivity index (χ0) is 22.2. The van der Waals surface area contributed by atoms with E-state index in [-0.39, 0.29) is 5.57 Å². The first-order valence-electron chi connectivity index (χ1n) is 10.2. The molecule has 3 aromatic carbocycles. The zero-order valence-corrected chi connectivity index (χ0v) is 17.3. The molecule has 5 rings (SSSR count). The molecule has 1 fully saturated rings. The Bertz CT molecular complexity index is 1390. The molecule has 1 aromatic heterocycles. The number of hydrogen-bond donors (Lipinski definition) is 3. The van der Waals surface area contributed by atoms with E-state index in [9.17, 15) is 14.4 Å². The second kappa shape index (κ2) is 7.70. The molecule has 158 valence electrons. The number of carbonyl (C=O) groups excluding carboxylic acids is 3. The summed E-state index contributed by atoms with van der Waals surface area (Å²) >= 11 is 0. The number of anilines is 1. The molecule has 0 spiro atoms. The number of H-pyrrole nitrogens is 1. The second-order valence-corrected chi connectivity index (χ2v) is 7.75. The summed E-state index contributed by atoms with van der Waals surface area (Å²) in [6.07, 6.45) is 1.46. The van der Waals surface area contributed by atoms with Gasteiger partial charge >= 0.3 is 6.03 Å². The molecule has 2 heterocycles. The van der Waals surface area contributed by atoms with Crippen LogP contribution in [-0.4, -0.2) is 29.9 Å². The number of para-hydroxylation sites is 2. The monoisotopic (exact) mass is 424 g/mol. The summed E-state index contributed by atoms with van der Waals surface area (Å²) < 4.78 is 0. The number of amides is 4. The molecule has 7 heteroatoms. The van der Waals surface area contributed by atoms with Crippen molar-refractivity contribution < 1.29 is 14.4 Å². The van der Waals surface area contributed by atoms with Crippen molar-refractivity contribution in [3.05, 3.63) is 83.4 Å². The first-order chi connectivity index (χ1) is 15.5. The van der Waals surface area contributed by atoms with Crippen LogP contribution in [0.15, 0.2) is 72.3 Å². The number of nitrogens with one attached hydrogen (secondary N) is 3. The quantitative estimate of drug-likeness (QED) is 0.344. The number of fused-ring (bicyclic) bond motifs is 3. The number of benzene rings is 3. The molecular formula is C25H20N4O3. The van der Waals surface area contributed by atoms with Crippen molar-refractivity contribution in [2.75, 3.05) is 11.9 Å². The van der Waals surface area contributed by atoms with Crippen LogP contribution in [0.2, 0.25) is 0 Å². The number of aromatic amines is 1. The van der Waals surface area contributed by atoms with E-state index >= 15 is 0 Å². The van der Waals surface area contributed by atoms with E-state index in [1.54, 1.807) is 0 Å². The fourth-order valence-electron chi connectivity index (χ4n) is 4.01. The lowest BCUT2D eigenvalue weighted by Crippen LogP contribution is -2.51. The first kappa shape index (κ1) is 19.6. The molecule has 4 amide bonds. The average Bonchev–Trinajstić information content (AvgIpc) is 3.16. The molecule has 1 aliphatic heterocycles. The van der Waals surface area contributed by atoms with Crippen molar-refractivity contribution in [2.45, 2.75) is 6.54 Å². The van der Waals surface area contributed by atoms with Crippen LogP contribution in [0, 0.1) is 0 Å². The molecule has 0 saturated carbocycles. The van der Waals surface area contributed by atoms with Gasteiger partial charge in [0.25, 0.3) is 11.8 Å². The third-order valence-corrected chi connectivity index (χ3v) is 5.62. The Labute approximate surface area is 183 Å². The summed E-state index contributed by atoms with van der Waals surface area (Å²) in [5.74, 6) is -1.40. The predicted molar refractivity (Wildman–Crippen MR) is 124 cm³/mol. The fourth-order valence-corrected chi connectivity index (χ4v) is 4.01. The second-order valence-electron chi connectivity index (χ2n) is 7.75. The van der Waals surface area contributed by atoms with Crippen LogP contribution in [0.1, 0.15) is 11.1 Å². The Morgan fingerprint density at radius 3 is 2.25 bits per heavy atom. The maximum absolute atomic E-state index is 11.9. The average molecular weight is 424 g/mol. The number of barbiturate groups is 1. The standard InChI is InChI=1S/C25H20N4O3/c1-29(14-16-5-4-7-19-18-6-2-3-8-21(18)26-22(16)19)17-11-9-15(10-12-17)13-20-23(30)27-25(32)28-24(20)31/h2-13,26H,14H2,1H3,(H2,27,28,30,31,32). The molecular weight excluding hydrogens is 404 g/mol. The molecule has 1 aliphatic rings. The van der Waals surface area contributed by atoms with Gasteiger partial charge in [-0.15, -0.1) is 0 Å². The Kier molecular flexibility index (Phi) is 4.71. The minimum atomic E-state index is -0.806. The van der Waals surface area contributed by atoms with Gasteiger partial charge in [-0.1, -0.05) is 48.5 Å². The topological polar surface area (TPSA) is 94.3 Å². The van der Waals surface area contributed by atoms with Crippen LogP contribution in [-0.2, 0) is 16.1 Å². The minimum absolute atomic E-state index is 0.101. The number of carbonyl (C=O) groups is 3. The van der Waals surface area contributed by atoms with Crippen LogP contribution in [0.3, 0.4) is 0 Å². The molecule has 32 heavy (non-hydrogen) atoms. The number of nitrogens with zero attached hydrogens (tertiary/aromatic N) is 1. The van der Waals surface area contributed by atoms with Gasteiger partial charge in [-0.25, -0.2) is 4.79 Å². The maximum Gasteiger partial charge on any atom is 0.328 e. The van der Waals surface area contributed by atoms with Crippen molar-refractivity contribution in [1.29, 1.82) is 0 Å². The third kappa shape index (κ3) is 3.50. The number of imide groups is 2. The van der Waals surface area contributed by atoms with E-state index in [1.165, 1.54) is 22.4 Å². The van der Waals surface area contributed by atoms with Gasteiger partial charge < -0.3 is 9.88 Å². The van der Waals surface area contributed by atoms with E-state index in [4.69, 9.17) is 0 Å². The Morgan fingerprint density at radius 1 is 0.812 bits per heavy atom. The molecule has 3 N–H and O–H groups in total. The van der Waals surface area contributed by atoms with Gasteiger partial charge in [0.15, 0.2) is 0 Å². The SMILES string of the molecule is CN(Cc1cccc2c1[nH]c1ccccc12)c1ccc(C=C2C(=O)NC(=O)NC2=O)cc1. The Morgan fingerprint density at radius 2 is 1.50 bits per heavy atom. The summed E-state index contributed by atoms with van der Waals surface area (Å²) in [6.45, 7) is 0.706. The Hall–Kier alpha value is -4.39. The highest BCUT2D eigenvalue weighted by molar-refractivity contribution is 6.31.